The molecule has 6 heteroatoms. The van der Waals surface area contributed by atoms with Crippen LogP contribution in [0.15, 0.2) is 53.1 Å². The normalized spacial score (nSPS) is 10.7. The molecule has 1 heterocycles. The first kappa shape index (κ1) is 20.5. The van der Waals surface area contributed by atoms with Gasteiger partial charge in [0, 0.05) is 17.5 Å². The van der Waals surface area contributed by atoms with Crippen molar-refractivity contribution < 1.29 is 23.5 Å². The Bertz CT molecular complexity index is 992. The van der Waals surface area contributed by atoms with E-state index in [1.165, 1.54) is 5.56 Å². The molecule has 0 saturated heterocycles. The van der Waals surface area contributed by atoms with E-state index >= 15 is 0 Å². The van der Waals surface area contributed by atoms with Crippen molar-refractivity contribution in [3.8, 4) is 5.75 Å². The number of carbonyl (C=O) groups excluding carboxylic acids is 2. The van der Waals surface area contributed by atoms with Gasteiger partial charge in [-0.3, -0.25) is 9.59 Å². The molecular weight excluding hydrogens is 370 g/mol. The van der Waals surface area contributed by atoms with E-state index in [1.54, 1.807) is 13.4 Å². The number of carbonyl (C=O) groups is 2. The highest BCUT2D eigenvalue weighted by Crippen LogP contribution is 2.23. The van der Waals surface area contributed by atoms with E-state index in [0.29, 0.717) is 13.0 Å². The zero-order chi connectivity index (χ0) is 20.6. The molecule has 3 rings (SSSR count). The van der Waals surface area contributed by atoms with Gasteiger partial charge in [-0.1, -0.05) is 37.3 Å². The molecule has 2 aromatic carbocycles. The SMILES string of the molecule is CCc1ccc2c(CC(=O)OCC(=O)NCCc3ccccc3OC)coc2c1. The van der Waals surface area contributed by atoms with E-state index in [-0.39, 0.29) is 18.9 Å². The van der Waals surface area contributed by atoms with Crippen molar-refractivity contribution in [2.24, 2.45) is 0 Å². The highest BCUT2D eigenvalue weighted by Gasteiger charge is 2.13. The van der Waals surface area contributed by atoms with Gasteiger partial charge >= 0.3 is 5.97 Å². The van der Waals surface area contributed by atoms with Crippen molar-refractivity contribution in [3.63, 3.8) is 0 Å². The van der Waals surface area contributed by atoms with Crippen LogP contribution in [0.25, 0.3) is 11.0 Å². The number of hydrogen-bond donors (Lipinski definition) is 1. The molecule has 0 aliphatic carbocycles. The summed E-state index contributed by atoms with van der Waals surface area (Å²) in [6, 6.07) is 13.6. The quantitative estimate of drug-likeness (QED) is 0.562. The van der Waals surface area contributed by atoms with Crippen molar-refractivity contribution >= 4 is 22.8 Å². The molecular formula is C23H25NO5. The summed E-state index contributed by atoms with van der Waals surface area (Å²) in [5, 5.41) is 3.64. The van der Waals surface area contributed by atoms with E-state index in [0.717, 1.165) is 34.3 Å². The molecule has 0 unspecified atom stereocenters. The Morgan fingerprint density at radius 3 is 2.72 bits per heavy atom. The molecule has 0 bridgehead atoms. The number of amides is 1. The predicted molar refractivity (Wildman–Crippen MR) is 110 cm³/mol. The van der Waals surface area contributed by atoms with Gasteiger partial charge < -0.3 is 19.2 Å². The summed E-state index contributed by atoms with van der Waals surface area (Å²) in [5.41, 5.74) is 3.68. The van der Waals surface area contributed by atoms with Crippen LogP contribution in [0.4, 0.5) is 0 Å². The van der Waals surface area contributed by atoms with E-state index in [2.05, 4.69) is 12.2 Å². The van der Waals surface area contributed by atoms with E-state index in [4.69, 9.17) is 13.9 Å². The summed E-state index contributed by atoms with van der Waals surface area (Å²) in [6.45, 7) is 2.20. The number of nitrogens with one attached hydrogen (secondary N) is 1. The smallest absolute Gasteiger partial charge is 0.310 e. The van der Waals surface area contributed by atoms with Crippen LogP contribution >= 0.6 is 0 Å². The molecule has 0 aliphatic heterocycles. The number of furan rings is 1. The molecule has 152 valence electrons. The molecule has 1 amide bonds. The first-order chi connectivity index (χ1) is 14.1. The Balaban J connectivity index is 1.44. The van der Waals surface area contributed by atoms with Crippen molar-refractivity contribution in [2.45, 2.75) is 26.2 Å². The molecule has 29 heavy (non-hydrogen) atoms. The number of aryl methyl sites for hydroxylation is 1. The molecule has 0 aliphatic rings. The highest BCUT2D eigenvalue weighted by molar-refractivity contribution is 5.87. The van der Waals surface area contributed by atoms with Gasteiger partial charge in [0.2, 0.25) is 0 Å². The number of ether oxygens (including phenoxy) is 2. The number of fused-ring (bicyclic) bond motifs is 1. The lowest BCUT2D eigenvalue weighted by Crippen LogP contribution is -2.30. The second-order valence-electron chi connectivity index (χ2n) is 6.69. The number of esters is 1. The standard InChI is InChI=1S/C23H25NO5/c1-3-16-8-9-19-18(14-28-21(19)12-16)13-23(26)29-15-22(25)24-11-10-17-6-4-5-7-20(17)27-2/h4-9,12,14H,3,10-11,13,15H2,1-2H3,(H,24,25). The zero-order valence-electron chi connectivity index (χ0n) is 16.7. The topological polar surface area (TPSA) is 77.8 Å². The van der Waals surface area contributed by atoms with Crippen LogP contribution in [0.2, 0.25) is 0 Å². The van der Waals surface area contributed by atoms with Gasteiger partial charge in [0.1, 0.15) is 11.3 Å². The van der Waals surface area contributed by atoms with Crippen LogP contribution in [-0.4, -0.2) is 32.1 Å². The number of benzene rings is 2. The van der Waals surface area contributed by atoms with E-state index in [1.807, 2.05) is 42.5 Å². The fraction of sp³-hybridized carbons (Fsp3) is 0.304. The molecule has 3 aromatic rings. The van der Waals surface area contributed by atoms with Gasteiger partial charge in [-0.15, -0.1) is 0 Å². The maximum atomic E-state index is 12.1. The van der Waals surface area contributed by atoms with Gasteiger partial charge in [0.25, 0.3) is 5.91 Å². The number of methoxy groups -OCH3 is 1. The summed E-state index contributed by atoms with van der Waals surface area (Å²) in [7, 11) is 1.61. The van der Waals surface area contributed by atoms with Crippen molar-refractivity contribution in [1.82, 2.24) is 5.32 Å². The second-order valence-corrected chi connectivity index (χ2v) is 6.69. The minimum Gasteiger partial charge on any atom is -0.496 e. The van der Waals surface area contributed by atoms with Gasteiger partial charge in [0.05, 0.1) is 19.8 Å². The van der Waals surface area contributed by atoms with Crippen molar-refractivity contribution in [2.75, 3.05) is 20.3 Å². The van der Waals surface area contributed by atoms with Crippen molar-refractivity contribution in [3.05, 3.63) is 65.4 Å². The number of rotatable bonds is 9. The first-order valence-electron chi connectivity index (χ1n) is 9.64. The van der Waals surface area contributed by atoms with E-state index < -0.39 is 5.97 Å². The average Bonchev–Trinajstić information content (AvgIpc) is 3.14. The monoisotopic (exact) mass is 395 g/mol. The molecule has 0 radical (unpaired) electrons. The minimum atomic E-state index is -0.466. The largest absolute Gasteiger partial charge is 0.496 e. The van der Waals surface area contributed by atoms with Gasteiger partial charge in [0.15, 0.2) is 6.61 Å². The summed E-state index contributed by atoms with van der Waals surface area (Å²) in [6.07, 6.45) is 3.18. The lowest BCUT2D eigenvalue weighted by atomic mass is 10.1. The molecule has 0 saturated carbocycles. The Labute approximate surface area is 169 Å². The van der Waals surface area contributed by atoms with E-state index in [9.17, 15) is 9.59 Å². The maximum absolute atomic E-state index is 12.1. The Kier molecular flexibility index (Phi) is 6.89. The molecule has 0 spiro atoms. The van der Waals surface area contributed by atoms with Gasteiger partial charge in [-0.2, -0.15) is 0 Å². The lowest BCUT2D eigenvalue weighted by molar-refractivity contribution is -0.147. The Hall–Kier alpha value is -3.28. The summed E-state index contributed by atoms with van der Waals surface area (Å²) >= 11 is 0. The van der Waals surface area contributed by atoms with Crippen LogP contribution in [0, 0.1) is 0 Å². The fourth-order valence-corrected chi connectivity index (χ4v) is 3.13. The maximum Gasteiger partial charge on any atom is 0.310 e. The van der Waals surface area contributed by atoms with Crippen LogP contribution in [0.3, 0.4) is 0 Å². The average molecular weight is 395 g/mol. The first-order valence-corrected chi connectivity index (χ1v) is 9.64. The zero-order valence-corrected chi connectivity index (χ0v) is 16.7. The van der Waals surface area contributed by atoms with Crippen LogP contribution < -0.4 is 10.1 Å². The van der Waals surface area contributed by atoms with Crippen LogP contribution in [0.1, 0.15) is 23.6 Å². The van der Waals surface area contributed by atoms with Gasteiger partial charge in [-0.25, -0.2) is 0 Å². The third-order valence-corrected chi connectivity index (χ3v) is 4.74. The minimum absolute atomic E-state index is 0.0625. The lowest BCUT2D eigenvalue weighted by Gasteiger charge is -2.09. The Morgan fingerprint density at radius 2 is 1.93 bits per heavy atom. The van der Waals surface area contributed by atoms with Gasteiger partial charge in [-0.05, 0) is 36.1 Å². The third kappa shape index (κ3) is 5.38. The predicted octanol–water partition coefficient (Wildman–Crippen LogP) is 3.45. The Morgan fingerprint density at radius 1 is 1.10 bits per heavy atom. The molecule has 6 nitrogen and oxygen atoms in total. The molecule has 0 fully saturated rings. The number of para-hydroxylation sites is 1. The second kappa shape index (κ2) is 9.78. The molecule has 0 atom stereocenters. The third-order valence-electron chi connectivity index (χ3n) is 4.74. The van der Waals surface area contributed by atoms with Crippen molar-refractivity contribution in [1.29, 1.82) is 0 Å². The summed E-state index contributed by atoms with van der Waals surface area (Å²) in [5.74, 6) is -0.0170. The molecule has 1 aromatic heterocycles. The summed E-state index contributed by atoms with van der Waals surface area (Å²) in [4.78, 5) is 24.0. The molecule has 1 N–H and O–H groups in total. The van der Waals surface area contributed by atoms with Crippen LogP contribution in [-0.2, 0) is 33.6 Å². The van der Waals surface area contributed by atoms with Crippen LogP contribution in [0.5, 0.6) is 5.75 Å². The number of hydrogen-bond acceptors (Lipinski definition) is 5. The highest BCUT2D eigenvalue weighted by atomic mass is 16.5. The summed E-state index contributed by atoms with van der Waals surface area (Å²) < 4.78 is 15.9. The fourth-order valence-electron chi connectivity index (χ4n) is 3.13.